The van der Waals surface area contributed by atoms with Gasteiger partial charge >= 0.3 is 0 Å². The molecule has 9 heteroatoms. The molecule has 2 aromatic carbocycles. The number of aryl methyl sites for hydroxylation is 1. The fraction of sp³-hybridized carbons (Fsp3) is 0.222. The summed E-state index contributed by atoms with van der Waals surface area (Å²) in [7, 11) is 1.62. The second-order valence-electron chi connectivity index (χ2n) is 8.27. The van der Waals surface area contributed by atoms with Crippen molar-refractivity contribution < 1.29 is 18.6 Å². The molecule has 0 amide bonds. The van der Waals surface area contributed by atoms with Gasteiger partial charge in [-0.15, -0.1) is 0 Å². The normalized spacial score (nSPS) is 11.3. The molecule has 5 rings (SSSR count). The predicted molar refractivity (Wildman–Crippen MR) is 135 cm³/mol. The third-order valence-electron chi connectivity index (χ3n) is 5.86. The minimum Gasteiger partial charge on any atom is -0.491 e. The molecular weight excluding hydrogens is 463 g/mol. The van der Waals surface area contributed by atoms with Gasteiger partial charge in [-0.2, -0.15) is 5.10 Å². The highest BCUT2D eigenvalue weighted by atomic mass is 19.1. The van der Waals surface area contributed by atoms with Gasteiger partial charge < -0.3 is 14.2 Å². The van der Waals surface area contributed by atoms with Gasteiger partial charge in [0.25, 0.3) is 5.56 Å². The monoisotopic (exact) mass is 488 g/mol. The van der Waals surface area contributed by atoms with Gasteiger partial charge in [0.15, 0.2) is 5.82 Å². The fourth-order valence-electron chi connectivity index (χ4n) is 4.09. The zero-order valence-corrected chi connectivity index (χ0v) is 20.0. The molecule has 8 nitrogen and oxygen atoms in total. The van der Waals surface area contributed by atoms with Crippen molar-refractivity contribution in [3.63, 3.8) is 0 Å². The predicted octanol–water partition coefficient (Wildman–Crippen LogP) is 4.29. The lowest BCUT2D eigenvalue weighted by Crippen LogP contribution is -2.26. The molecule has 0 aliphatic rings. The molecule has 0 saturated heterocycles. The molecule has 0 N–H and O–H groups in total. The van der Waals surface area contributed by atoms with Crippen molar-refractivity contribution >= 4 is 21.8 Å². The van der Waals surface area contributed by atoms with E-state index in [0.717, 1.165) is 21.9 Å². The zero-order chi connectivity index (χ0) is 25.1. The third kappa shape index (κ3) is 4.78. The highest BCUT2D eigenvalue weighted by Crippen LogP contribution is 2.27. The molecule has 0 saturated carbocycles. The Balaban J connectivity index is 1.34. The highest BCUT2D eigenvalue weighted by Gasteiger charge is 2.11. The van der Waals surface area contributed by atoms with Crippen molar-refractivity contribution in [3.8, 4) is 17.3 Å². The van der Waals surface area contributed by atoms with E-state index in [9.17, 15) is 9.18 Å². The lowest BCUT2D eigenvalue weighted by molar-refractivity contribution is 0.146. The summed E-state index contributed by atoms with van der Waals surface area (Å²) in [6, 6.07) is 15.1. The molecule has 0 aliphatic carbocycles. The van der Waals surface area contributed by atoms with Crippen LogP contribution < -0.4 is 15.0 Å². The summed E-state index contributed by atoms with van der Waals surface area (Å²) in [5.74, 6) is 1.54. The second kappa shape index (κ2) is 10.2. The van der Waals surface area contributed by atoms with E-state index in [4.69, 9.17) is 14.2 Å². The Morgan fingerprint density at radius 1 is 0.944 bits per heavy atom. The Hall–Kier alpha value is -4.24. The minimum absolute atomic E-state index is 0.224. The molecule has 5 aromatic rings. The first-order chi connectivity index (χ1) is 17.5. The number of halogens is 1. The summed E-state index contributed by atoms with van der Waals surface area (Å²) in [6.45, 7) is 3.36. The maximum Gasteiger partial charge on any atom is 0.266 e. The van der Waals surface area contributed by atoms with Crippen LogP contribution in [0.15, 0.2) is 71.8 Å². The summed E-state index contributed by atoms with van der Waals surface area (Å²) in [6.07, 6.45) is 3.55. The lowest BCUT2D eigenvalue weighted by atomic mass is 10.2. The van der Waals surface area contributed by atoms with Crippen LogP contribution in [0.1, 0.15) is 5.56 Å². The van der Waals surface area contributed by atoms with Crippen LogP contribution >= 0.6 is 0 Å². The van der Waals surface area contributed by atoms with Gasteiger partial charge in [-0.05, 0) is 55.0 Å². The first-order valence-corrected chi connectivity index (χ1v) is 11.5. The van der Waals surface area contributed by atoms with Gasteiger partial charge in [0.1, 0.15) is 30.5 Å². The van der Waals surface area contributed by atoms with E-state index >= 15 is 0 Å². The Morgan fingerprint density at radius 2 is 1.81 bits per heavy atom. The van der Waals surface area contributed by atoms with E-state index in [-0.39, 0.29) is 24.5 Å². The van der Waals surface area contributed by atoms with Crippen molar-refractivity contribution in [3.05, 3.63) is 88.7 Å². The van der Waals surface area contributed by atoms with Crippen molar-refractivity contribution in [2.75, 3.05) is 26.9 Å². The van der Waals surface area contributed by atoms with Gasteiger partial charge in [-0.3, -0.25) is 14.3 Å². The molecule has 0 atom stereocenters. The third-order valence-corrected chi connectivity index (χ3v) is 5.86. The van der Waals surface area contributed by atoms with Crippen LogP contribution in [0.2, 0.25) is 0 Å². The number of rotatable bonds is 9. The Kier molecular flexibility index (Phi) is 6.64. The number of methoxy groups -OCH3 is 1. The minimum atomic E-state index is -0.332. The number of hydrogen-bond donors (Lipinski definition) is 0. The number of nitrogens with zero attached hydrogens (tertiary/aromatic N) is 4. The first kappa shape index (κ1) is 23.5. The highest BCUT2D eigenvalue weighted by molar-refractivity contribution is 5.86. The number of aromatic nitrogens is 4. The smallest absolute Gasteiger partial charge is 0.266 e. The van der Waals surface area contributed by atoms with Crippen LogP contribution in [-0.4, -0.2) is 46.3 Å². The average Bonchev–Trinajstić information content (AvgIpc) is 3.20. The van der Waals surface area contributed by atoms with E-state index in [2.05, 4.69) is 10.1 Å². The quantitative estimate of drug-likeness (QED) is 0.288. The van der Waals surface area contributed by atoms with Gasteiger partial charge in [-0.25, -0.2) is 9.07 Å². The number of pyridine rings is 1. The van der Waals surface area contributed by atoms with Gasteiger partial charge in [0, 0.05) is 42.4 Å². The van der Waals surface area contributed by atoms with Crippen molar-refractivity contribution in [2.45, 2.75) is 13.5 Å². The number of hydrogen-bond acceptors (Lipinski definition) is 6. The maximum absolute atomic E-state index is 13.9. The van der Waals surface area contributed by atoms with Crippen LogP contribution in [0.4, 0.5) is 4.39 Å². The SMILES string of the molecule is COCCOc1ccc2c(OCCn3nc(-n4cc(C)c5ccc(F)cc54)ccc3=O)ccnc2c1. The van der Waals surface area contributed by atoms with Crippen LogP contribution in [-0.2, 0) is 11.3 Å². The topological polar surface area (TPSA) is 80.4 Å². The molecule has 36 heavy (non-hydrogen) atoms. The van der Waals surface area contributed by atoms with E-state index in [1.54, 1.807) is 36.1 Å². The standard InChI is InChI=1S/C27H25FN4O4/c1-18-17-31(24-15-19(28)3-5-21(18)24)26-7-8-27(33)32(30-26)11-12-36-25-9-10-29-23-16-20(4-6-22(23)25)35-14-13-34-2/h3-10,15-17H,11-14H2,1-2H3. The first-order valence-electron chi connectivity index (χ1n) is 11.5. The molecule has 3 heterocycles. The lowest BCUT2D eigenvalue weighted by Gasteiger charge is -2.12. The molecule has 0 spiro atoms. The van der Waals surface area contributed by atoms with Crippen molar-refractivity contribution in [1.29, 1.82) is 0 Å². The van der Waals surface area contributed by atoms with Crippen molar-refractivity contribution in [1.82, 2.24) is 19.3 Å². The van der Waals surface area contributed by atoms with E-state index in [1.807, 2.05) is 31.3 Å². The summed E-state index contributed by atoms with van der Waals surface area (Å²) in [5.41, 5.74) is 2.17. The fourth-order valence-corrected chi connectivity index (χ4v) is 4.09. The van der Waals surface area contributed by atoms with Crippen LogP contribution in [0.5, 0.6) is 11.5 Å². The summed E-state index contributed by atoms with van der Waals surface area (Å²) >= 11 is 0. The van der Waals surface area contributed by atoms with Crippen LogP contribution in [0.3, 0.4) is 0 Å². The molecule has 0 unspecified atom stereocenters. The Labute approximate surface area is 206 Å². The zero-order valence-electron chi connectivity index (χ0n) is 20.0. The summed E-state index contributed by atoms with van der Waals surface area (Å²) in [5, 5.41) is 6.26. The van der Waals surface area contributed by atoms with Gasteiger partial charge in [0.05, 0.1) is 24.2 Å². The largest absolute Gasteiger partial charge is 0.491 e. The number of fused-ring (bicyclic) bond motifs is 2. The van der Waals surface area contributed by atoms with Crippen LogP contribution in [0.25, 0.3) is 27.6 Å². The van der Waals surface area contributed by atoms with Crippen LogP contribution in [0, 0.1) is 12.7 Å². The van der Waals surface area contributed by atoms with E-state index in [0.29, 0.717) is 36.0 Å². The summed E-state index contributed by atoms with van der Waals surface area (Å²) in [4.78, 5) is 16.9. The van der Waals surface area contributed by atoms with E-state index < -0.39 is 0 Å². The van der Waals surface area contributed by atoms with Gasteiger partial charge in [-0.1, -0.05) is 0 Å². The number of ether oxygens (including phenoxy) is 3. The van der Waals surface area contributed by atoms with E-state index in [1.165, 1.54) is 22.9 Å². The molecule has 0 radical (unpaired) electrons. The maximum atomic E-state index is 13.9. The molecule has 0 fully saturated rings. The van der Waals surface area contributed by atoms with Crippen molar-refractivity contribution in [2.24, 2.45) is 0 Å². The average molecular weight is 489 g/mol. The molecular formula is C27H25FN4O4. The van der Waals surface area contributed by atoms with Gasteiger partial charge in [0.2, 0.25) is 0 Å². The molecule has 0 aliphatic heterocycles. The Morgan fingerprint density at radius 3 is 2.67 bits per heavy atom. The molecule has 3 aromatic heterocycles. The molecule has 184 valence electrons. The Bertz CT molecular complexity index is 1590. The number of benzene rings is 2. The summed E-state index contributed by atoms with van der Waals surface area (Å²) < 4.78 is 33.7. The second-order valence-corrected chi connectivity index (χ2v) is 8.27. The molecule has 0 bridgehead atoms.